The van der Waals surface area contributed by atoms with Crippen molar-refractivity contribution in [3.05, 3.63) is 60.3 Å². The minimum atomic E-state index is -4.33. The molecule has 0 aliphatic rings. The van der Waals surface area contributed by atoms with Crippen LogP contribution in [0.5, 0.6) is 0 Å². The summed E-state index contributed by atoms with van der Waals surface area (Å²) in [4.78, 5) is 4.29. The van der Waals surface area contributed by atoms with E-state index in [1.807, 2.05) is 6.07 Å². The van der Waals surface area contributed by atoms with Gasteiger partial charge in [-0.3, -0.25) is 4.98 Å². The Balaban J connectivity index is 2.15. The zero-order valence-corrected chi connectivity index (χ0v) is 10.9. The Hall–Kier alpha value is -2.56. The van der Waals surface area contributed by atoms with E-state index in [2.05, 4.69) is 4.98 Å². The van der Waals surface area contributed by atoms with E-state index in [1.165, 1.54) is 12.1 Å². The molecule has 3 aromatic rings. The first kappa shape index (κ1) is 13.4. The lowest BCUT2D eigenvalue weighted by molar-refractivity contribution is -0.137. The number of alkyl halides is 3. The van der Waals surface area contributed by atoms with Crippen molar-refractivity contribution in [3.8, 4) is 11.1 Å². The van der Waals surface area contributed by atoms with Crippen LogP contribution in [0.25, 0.3) is 22.0 Å². The number of nitrogen functional groups attached to an aromatic ring is 1. The summed E-state index contributed by atoms with van der Waals surface area (Å²) in [6.45, 7) is 0. The van der Waals surface area contributed by atoms with Crippen LogP contribution in [0.2, 0.25) is 0 Å². The number of anilines is 1. The maximum absolute atomic E-state index is 12.6. The number of fused-ring (bicyclic) bond motifs is 1. The molecule has 1 aromatic heterocycles. The molecule has 0 saturated heterocycles. The highest BCUT2D eigenvalue weighted by atomic mass is 19.4. The van der Waals surface area contributed by atoms with Gasteiger partial charge in [0.05, 0.1) is 11.1 Å². The summed E-state index contributed by atoms with van der Waals surface area (Å²) < 4.78 is 37.8. The number of halogens is 3. The first-order valence-electron chi connectivity index (χ1n) is 6.27. The fourth-order valence-corrected chi connectivity index (χ4v) is 2.27. The van der Waals surface area contributed by atoms with Gasteiger partial charge in [-0.15, -0.1) is 0 Å². The summed E-state index contributed by atoms with van der Waals surface area (Å²) in [6.07, 6.45) is -2.70. The molecule has 0 saturated carbocycles. The molecule has 2 N–H and O–H groups in total. The topological polar surface area (TPSA) is 38.9 Å². The molecule has 0 atom stereocenters. The number of pyridine rings is 1. The summed E-state index contributed by atoms with van der Waals surface area (Å²) in [5.74, 6) is 0. The van der Waals surface area contributed by atoms with Crippen molar-refractivity contribution < 1.29 is 13.2 Å². The standard InChI is InChI=1S/C16H11F3N2/c17-16(18,19)11-5-3-10(4-6-11)12-7-8-14(20)13-2-1-9-21-15(12)13/h1-9H,20H2. The second-order valence-corrected chi connectivity index (χ2v) is 4.68. The van der Waals surface area contributed by atoms with Gasteiger partial charge in [0.2, 0.25) is 0 Å². The third-order valence-corrected chi connectivity index (χ3v) is 3.33. The van der Waals surface area contributed by atoms with Crippen molar-refractivity contribution >= 4 is 16.6 Å². The van der Waals surface area contributed by atoms with Gasteiger partial charge in [0.1, 0.15) is 0 Å². The van der Waals surface area contributed by atoms with Crippen molar-refractivity contribution in [1.82, 2.24) is 4.98 Å². The summed E-state index contributed by atoms with van der Waals surface area (Å²) in [6, 6.07) is 12.1. The molecule has 2 nitrogen and oxygen atoms in total. The number of benzene rings is 2. The van der Waals surface area contributed by atoms with Gasteiger partial charge >= 0.3 is 6.18 Å². The molecular formula is C16H11F3N2. The Morgan fingerprint density at radius 3 is 2.29 bits per heavy atom. The first-order chi connectivity index (χ1) is 9.97. The number of hydrogen-bond acceptors (Lipinski definition) is 2. The smallest absolute Gasteiger partial charge is 0.398 e. The van der Waals surface area contributed by atoms with Crippen LogP contribution in [0, 0.1) is 0 Å². The van der Waals surface area contributed by atoms with Crippen LogP contribution in [0.15, 0.2) is 54.7 Å². The number of nitrogens with two attached hydrogens (primary N) is 1. The molecule has 21 heavy (non-hydrogen) atoms. The van der Waals surface area contributed by atoms with Crippen molar-refractivity contribution in [3.63, 3.8) is 0 Å². The normalized spacial score (nSPS) is 11.8. The molecule has 1 heterocycles. The van der Waals surface area contributed by atoms with Crippen LogP contribution in [-0.2, 0) is 6.18 Å². The van der Waals surface area contributed by atoms with Crippen LogP contribution < -0.4 is 5.73 Å². The molecule has 0 amide bonds. The maximum Gasteiger partial charge on any atom is 0.416 e. The summed E-state index contributed by atoms with van der Waals surface area (Å²) in [7, 11) is 0. The second kappa shape index (κ2) is 4.77. The number of nitrogens with zero attached hydrogens (tertiary/aromatic N) is 1. The molecule has 0 unspecified atom stereocenters. The minimum Gasteiger partial charge on any atom is -0.398 e. The summed E-state index contributed by atoms with van der Waals surface area (Å²) >= 11 is 0. The monoisotopic (exact) mass is 288 g/mol. The SMILES string of the molecule is Nc1ccc(-c2ccc(C(F)(F)F)cc2)c2ncccc12. The molecule has 0 fully saturated rings. The largest absolute Gasteiger partial charge is 0.416 e. The van der Waals surface area contributed by atoms with Gasteiger partial charge in [-0.2, -0.15) is 13.2 Å². The van der Waals surface area contributed by atoms with Crippen LogP contribution in [0.3, 0.4) is 0 Å². The molecule has 0 bridgehead atoms. The van der Waals surface area contributed by atoms with Gasteiger partial charge in [0.25, 0.3) is 0 Å². The van der Waals surface area contributed by atoms with Gasteiger partial charge in [0.15, 0.2) is 0 Å². The molecule has 106 valence electrons. The average Bonchev–Trinajstić information content (AvgIpc) is 2.47. The first-order valence-corrected chi connectivity index (χ1v) is 6.27. The Kier molecular flexibility index (Phi) is 3.05. The van der Waals surface area contributed by atoms with E-state index < -0.39 is 11.7 Å². The predicted molar refractivity (Wildman–Crippen MR) is 76.6 cm³/mol. The van der Waals surface area contributed by atoms with E-state index in [4.69, 9.17) is 5.73 Å². The Morgan fingerprint density at radius 2 is 1.62 bits per heavy atom. The van der Waals surface area contributed by atoms with Gasteiger partial charge in [-0.1, -0.05) is 18.2 Å². The van der Waals surface area contributed by atoms with Crippen molar-refractivity contribution in [2.75, 3.05) is 5.73 Å². The highest BCUT2D eigenvalue weighted by Gasteiger charge is 2.30. The molecule has 0 radical (unpaired) electrons. The zero-order valence-electron chi connectivity index (χ0n) is 10.9. The van der Waals surface area contributed by atoms with E-state index in [0.717, 1.165) is 23.1 Å². The fourth-order valence-electron chi connectivity index (χ4n) is 2.27. The van der Waals surface area contributed by atoms with E-state index in [9.17, 15) is 13.2 Å². The van der Waals surface area contributed by atoms with E-state index >= 15 is 0 Å². The molecule has 5 heteroatoms. The summed E-state index contributed by atoms with van der Waals surface area (Å²) in [5, 5.41) is 0.787. The Labute approximate surface area is 119 Å². The van der Waals surface area contributed by atoms with Gasteiger partial charge < -0.3 is 5.73 Å². The molecule has 0 aliphatic heterocycles. The molecule has 3 rings (SSSR count). The van der Waals surface area contributed by atoms with Gasteiger partial charge in [-0.25, -0.2) is 0 Å². The van der Waals surface area contributed by atoms with E-state index in [1.54, 1.807) is 24.4 Å². The predicted octanol–water partition coefficient (Wildman–Crippen LogP) is 4.50. The Bertz CT molecular complexity index is 793. The van der Waals surface area contributed by atoms with Gasteiger partial charge in [-0.05, 0) is 35.9 Å². The fraction of sp³-hybridized carbons (Fsp3) is 0.0625. The number of hydrogen-bond donors (Lipinski definition) is 1. The molecule has 0 aliphatic carbocycles. The summed E-state index contributed by atoms with van der Waals surface area (Å²) in [5.41, 5.74) is 7.93. The van der Waals surface area contributed by atoms with Crippen molar-refractivity contribution in [1.29, 1.82) is 0 Å². The average molecular weight is 288 g/mol. The maximum atomic E-state index is 12.6. The molecule has 0 spiro atoms. The number of aromatic nitrogens is 1. The van der Waals surface area contributed by atoms with E-state index in [0.29, 0.717) is 16.8 Å². The van der Waals surface area contributed by atoms with Crippen LogP contribution in [0.1, 0.15) is 5.56 Å². The lowest BCUT2D eigenvalue weighted by Gasteiger charge is -2.10. The zero-order chi connectivity index (χ0) is 15.0. The Morgan fingerprint density at radius 1 is 0.905 bits per heavy atom. The van der Waals surface area contributed by atoms with Crippen LogP contribution in [-0.4, -0.2) is 4.98 Å². The number of rotatable bonds is 1. The highest BCUT2D eigenvalue weighted by Crippen LogP contribution is 2.33. The molecular weight excluding hydrogens is 277 g/mol. The second-order valence-electron chi connectivity index (χ2n) is 4.68. The third-order valence-electron chi connectivity index (χ3n) is 3.33. The molecule has 2 aromatic carbocycles. The van der Waals surface area contributed by atoms with Crippen LogP contribution in [0.4, 0.5) is 18.9 Å². The van der Waals surface area contributed by atoms with Crippen molar-refractivity contribution in [2.24, 2.45) is 0 Å². The lowest BCUT2D eigenvalue weighted by atomic mass is 10.00. The third kappa shape index (κ3) is 2.42. The quantitative estimate of drug-likeness (QED) is 0.669. The van der Waals surface area contributed by atoms with E-state index in [-0.39, 0.29) is 0 Å². The minimum absolute atomic E-state index is 0.591. The van der Waals surface area contributed by atoms with Gasteiger partial charge in [0, 0.05) is 22.8 Å². The lowest BCUT2D eigenvalue weighted by Crippen LogP contribution is -2.04. The highest BCUT2D eigenvalue weighted by molar-refractivity contribution is 6.00. The van der Waals surface area contributed by atoms with Crippen molar-refractivity contribution in [2.45, 2.75) is 6.18 Å². The van der Waals surface area contributed by atoms with Crippen LogP contribution >= 0.6 is 0 Å².